The van der Waals surface area contributed by atoms with Gasteiger partial charge in [-0.15, -0.1) is 0 Å². The Labute approximate surface area is 113 Å². The molecule has 2 bridgehead atoms. The Morgan fingerprint density at radius 2 is 1.95 bits per heavy atom. The summed E-state index contributed by atoms with van der Waals surface area (Å²) in [7, 11) is 1.62. The molecular formula is C16H20O3. The molecule has 2 unspecified atom stereocenters. The smallest absolute Gasteiger partial charge is 0.169 e. The first-order valence-corrected chi connectivity index (χ1v) is 7.01. The van der Waals surface area contributed by atoms with E-state index >= 15 is 0 Å². The van der Waals surface area contributed by atoms with Gasteiger partial charge in [0.25, 0.3) is 0 Å². The molecule has 1 aromatic carbocycles. The molecule has 0 aromatic heterocycles. The highest BCUT2D eigenvalue weighted by Crippen LogP contribution is 2.38. The van der Waals surface area contributed by atoms with Gasteiger partial charge >= 0.3 is 0 Å². The van der Waals surface area contributed by atoms with Crippen LogP contribution in [-0.4, -0.2) is 25.1 Å². The summed E-state index contributed by atoms with van der Waals surface area (Å²) in [5, 5.41) is 0. The molecule has 0 saturated carbocycles. The fourth-order valence-electron chi connectivity index (χ4n) is 3.29. The number of rotatable bonds is 3. The van der Waals surface area contributed by atoms with Crippen LogP contribution < -0.4 is 4.74 Å². The summed E-state index contributed by atoms with van der Waals surface area (Å²) in [6, 6.07) is 5.80. The number of hydrogen-bond donors (Lipinski definition) is 0. The largest absolute Gasteiger partial charge is 0.496 e. The zero-order chi connectivity index (χ0) is 13.4. The molecule has 2 atom stereocenters. The third-order valence-electron chi connectivity index (χ3n) is 4.28. The van der Waals surface area contributed by atoms with Crippen molar-refractivity contribution in [3.05, 3.63) is 29.3 Å². The minimum atomic E-state index is 0.0999. The highest BCUT2D eigenvalue weighted by atomic mass is 16.5. The van der Waals surface area contributed by atoms with Gasteiger partial charge in [-0.2, -0.15) is 0 Å². The molecule has 3 rings (SSSR count). The second-order valence-electron chi connectivity index (χ2n) is 5.69. The first-order valence-electron chi connectivity index (χ1n) is 7.01. The summed E-state index contributed by atoms with van der Waals surface area (Å²) in [6.07, 6.45) is 4.55. The van der Waals surface area contributed by atoms with Crippen molar-refractivity contribution < 1.29 is 14.3 Å². The molecule has 3 nitrogen and oxygen atoms in total. The van der Waals surface area contributed by atoms with E-state index in [1.165, 1.54) is 0 Å². The molecule has 0 radical (unpaired) electrons. The minimum Gasteiger partial charge on any atom is -0.496 e. The van der Waals surface area contributed by atoms with Crippen molar-refractivity contribution in [3.63, 3.8) is 0 Å². The number of ketones is 1. The van der Waals surface area contributed by atoms with E-state index in [-0.39, 0.29) is 11.7 Å². The molecule has 19 heavy (non-hydrogen) atoms. The summed E-state index contributed by atoms with van der Waals surface area (Å²) in [4.78, 5) is 12.7. The van der Waals surface area contributed by atoms with Gasteiger partial charge in [-0.05, 0) is 50.3 Å². The molecule has 3 heteroatoms. The Morgan fingerprint density at radius 1 is 1.26 bits per heavy atom. The highest BCUT2D eigenvalue weighted by Gasteiger charge is 2.38. The molecule has 1 aromatic rings. The van der Waals surface area contributed by atoms with Crippen LogP contribution >= 0.6 is 0 Å². The molecule has 0 amide bonds. The van der Waals surface area contributed by atoms with E-state index in [1.54, 1.807) is 7.11 Å². The fraction of sp³-hybridized carbons (Fsp3) is 0.562. The van der Waals surface area contributed by atoms with Crippen LogP contribution in [0.15, 0.2) is 18.2 Å². The first-order chi connectivity index (χ1) is 9.17. The topological polar surface area (TPSA) is 35.5 Å². The molecule has 2 aliphatic heterocycles. The van der Waals surface area contributed by atoms with Crippen LogP contribution in [0.3, 0.4) is 0 Å². The predicted octanol–water partition coefficient (Wildman–Crippen LogP) is 3.14. The lowest BCUT2D eigenvalue weighted by Gasteiger charge is -2.27. The average molecular weight is 260 g/mol. The van der Waals surface area contributed by atoms with Crippen molar-refractivity contribution >= 4 is 5.78 Å². The third kappa shape index (κ3) is 2.39. The molecule has 2 saturated heterocycles. The number of ether oxygens (including phenoxy) is 2. The zero-order valence-electron chi connectivity index (χ0n) is 11.5. The Morgan fingerprint density at radius 3 is 2.58 bits per heavy atom. The molecule has 0 aliphatic carbocycles. The Hall–Kier alpha value is -1.35. The van der Waals surface area contributed by atoms with Gasteiger partial charge in [-0.1, -0.05) is 6.07 Å². The summed E-state index contributed by atoms with van der Waals surface area (Å²) >= 11 is 0. The summed E-state index contributed by atoms with van der Waals surface area (Å²) in [5.74, 6) is 1.02. The summed E-state index contributed by atoms with van der Waals surface area (Å²) in [6.45, 7) is 2.01. The Balaban J connectivity index is 1.84. The third-order valence-corrected chi connectivity index (χ3v) is 4.28. The predicted molar refractivity (Wildman–Crippen MR) is 72.7 cm³/mol. The van der Waals surface area contributed by atoms with Crippen molar-refractivity contribution in [2.75, 3.05) is 7.11 Å². The molecule has 102 valence electrons. The molecular weight excluding hydrogens is 240 g/mol. The second-order valence-corrected chi connectivity index (χ2v) is 5.69. The van der Waals surface area contributed by atoms with Crippen LogP contribution in [0.5, 0.6) is 5.75 Å². The summed E-state index contributed by atoms with van der Waals surface area (Å²) in [5.41, 5.74) is 1.83. The second kappa shape index (κ2) is 4.97. The number of benzene rings is 1. The summed E-state index contributed by atoms with van der Waals surface area (Å²) < 4.78 is 11.2. The van der Waals surface area contributed by atoms with Crippen LogP contribution in [0, 0.1) is 12.8 Å². The van der Waals surface area contributed by atoms with Gasteiger partial charge in [0.05, 0.1) is 24.9 Å². The van der Waals surface area contributed by atoms with Crippen LogP contribution in [0.4, 0.5) is 0 Å². The van der Waals surface area contributed by atoms with E-state index in [4.69, 9.17) is 9.47 Å². The van der Waals surface area contributed by atoms with Crippen LogP contribution in [0.2, 0.25) is 0 Å². The van der Waals surface area contributed by atoms with E-state index in [1.807, 2.05) is 25.1 Å². The number of carbonyl (C=O) groups excluding carboxylic acids is 1. The SMILES string of the molecule is COc1cc(C)ccc1C(=O)C1CC2CCC(C1)O2. The maximum atomic E-state index is 12.7. The van der Waals surface area contributed by atoms with Crippen LogP contribution in [0.25, 0.3) is 0 Å². The Bertz CT molecular complexity index is 483. The highest BCUT2D eigenvalue weighted by molar-refractivity contribution is 6.00. The van der Waals surface area contributed by atoms with E-state index in [0.29, 0.717) is 18.0 Å². The lowest BCUT2D eigenvalue weighted by molar-refractivity contribution is -0.0149. The number of hydrogen-bond acceptors (Lipinski definition) is 3. The van der Waals surface area contributed by atoms with Crippen molar-refractivity contribution in [1.29, 1.82) is 0 Å². The molecule has 2 aliphatic rings. The number of Topliss-reactive ketones (excluding diaryl/α,β-unsaturated/α-hetero) is 1. The van der Waals surface area contributed by atoms with E-state index in [0.717, 1.165) is 36.8 Å². The zero-order valence-corrected chi connectivity index (χ0v) is 11.5. The minimum absolute atomic E-state index is 0.0999. The van der Waals surface area contributed by atoms with Gasteiger partial charge < -0.3 is 9.47 Å². The van der Waals surface area contributed by atoms with Crippen molar-refractivity contribution in [3.8, 4) is 5.75 Å². The van der Waals surface area contributed by atoms with Gasteiger partial charge in [-0.25, -0.2) is 0 Å². The fourth-order valence-corrected chi connectivity index (χ4v) is 3.29. The molecule has 0 N–H and O–H groups in total. The van der Waals surface area contributed by atoms with Gasteiger partial charge in [0.2, 0.25) is 0 Å². The van der Waals surface area contributed by atoms with E-state index in [9.17, 15) is 4.79 Å². The number of carbonyl (C=O) groups is 1. The number of fused-ring (bicyclic) bond motifs is 2. The van der Waals surface area contributed by atoms with Gasteiger partial charge in [0, 0.05) is 5.92 Å². The van der Waals surface area contributed by atoms with Gasteiger partial charge in [0.15, 0.2) is 5.78 Å². The molecule has 2 heterocycles. The van der Waals surface area contributed by atoms with Crippen LogP contribution in [0.1, 0.15) is 41.6 Å². The lowest BCUT2D eigenvalue weighted by Crippen LogP contribution is -2.30. The van der Waals surface area contributed by atoms with Crippen molar-refractivity contribution in [2.45, 2.75) is 44.8 Å². The first kappa shape index (κ1) is 12.7. The maximum Gasteiger partial charge on any atom is 0.169 e. The quantitative estimate of drug-likeness (QED) is 0.783. The van der Waals surface area contributed by atoms with Crippen molar-refractivity contribution in [2.24, 2.45) is 5.92 Å². The Kier molecular flexibility index (Phi) is 3.31. The van der Waals surface area contributed by atoms with Gasteiger partial charge in [0.1, 0.15) is 5.75 Å². The normalized spacial score (nSPS) is 29.3. The van der Waals surface area contributed by atoms with E-state index < -0.39 is 0 Å². The van der Waals surface area contributed by atoms with Crippen molar-refractivity contribution in [1.82, 2.24) is 0 Å². The van der Waals surface area contributed by atoms with Gasteiger partial charge in [-0.3, -0.25) is 4.79 Å². The lowest BCUT2D eigenvalue weighted by atomic mass is 9.87. The van der Waals surface area contributed by atoms with Crippen LogP contribution in [-0.2, 0) is 4.74 Å². The standard InChI is InChI=1S/C16H20O3/c1-10-3-6-14(15(7-10)18-2)16(17)11-8-12-4-5-13(9-11)19-12/h3,6-7,11-13H,4-5,8-9H2,1-2H3. The monoisotopic (exact) mass is 260 g/mol. The molecule has 2 fully saturated rings. The van der Waals surface area contributed by atoms with E-state index in [2.05, 4.69) is 0 Å². The maximum absolute atomic E-state index is 12.7. The number of aryl methyl sites for hydroxylation is 1. The average Bonchev–Trinajstić information content (AvgIpc) is 2.76. The number of methoxy groups -OCH3 is 1. The molecule has 0 spiro atoms.